The quantitative estimate of drug-likeness (QED) is 0.884. The minimum atomic E-state index is -1.12. The highest BCUT2D eigenvalue weighted by Gasteiger charge is 2.19. The molecule has 18 heavy (non-hydrogen) atoms. The van der Waals surface area contributed by atoms with Gasteiger partial charge in [0.2, 0.25) is 0 Å². The lowest BCUT2D eigenvalue weighted by Crippen LogP contribution is -2.05. The van der Waals surface area contributed by atoms with Crippen molar-refractivity contribution < 1.29 is 13.9 Å². The SMILES string of the molecule is Cc1cc(F)ccc1C(O)c1c(F)cccc1Br. The van der Waals surface area contributed by atoms with Crippen molar-refractivity contribution >= 4 is 15.9 Å². The molecule has 1 atom stereocenters. The van der Waals surface area contributed by atoms with Crippen molar-refractivity contribution in [3.8, 4) is 0 Å². The molecule has 0 fully saturated rings. The van der Waals surface area contributed by atoms with Gasteiger partial charge in [-0.1, -0.05) is 28.1 Å². The number of benzene rings is 2. The minimum Gasteiger partial charge on any atom is -0.383 e. The summed E-state index contributed by atoms with van der Waals surface area (Å²) in [5, 5.41) is 10.2. The second-order valence-electron chi connectivity index (χ2n) is 4.04. The minimum absolute atomic E-state index is 0.159. The van der Waals surface area contributed by atoms with Crippen LogP contribution in [-0.4, -0.2) is 5.11 Å². The van der Waals surface area contributed by atoms with Crippen molar-refractivity contribution in [2.24, 2.45) is 0 Å². The second-order valence-corrected chi connectivity index (χ2v) is 4.89. The third kappa shape index (κ3) is 2.44. The van der Waals surface area contributed by atoms with Crippen LogP contribution in [-0.2, 0) is 0 Å². The average Bonchev–Trinajstić information content (AvgIpc) is 2.28. The van der Waals surface area contributed by atoms with Crippen LogP contribution in [0.3, 0.4) is 0 Å². The second kappa shape index (κ2) is 5.16. The smallest absolute Gasteiger partial charge is 0.130 e. The Hall–Kier alpha value is -1.26. The molecule has 0 aliphatic rings. The Morgan fingerprint density at radius 2 is 1.89 bits per heavy atom. The average molecular weight is 313 g/mol. The molecule has 2 rings (SSSR count). The van der Waals surface area contributed by atoms with E-state index in [4.69, 9.17) is 0 Å². The van der Waals surface area contributed by atoms with Crippen LogP contribution in [0.1, 0.15) is 22.8 Å². The predicted molar refractivity (Wildman–Crippen MR) is 69.3 cm³/mol. The van der Waals surface area contributed by atoms with E-state index in [0.29, 0.717) is 15.6 Å². The van der Waals surface area contributed by atoms with Crippen molar-refractivity contribution in [2.45, 2.75) is 13.0 Å². The summed E-state index contributed by atoms with van der Waals surface area (Å²) in [4.78, 5) is 0. The van der Waals surface area contributed by atoms with E-state index in [1.165, 1.54) is 24.3 Å². The van der Waals surface area contributed by atoms with Crippen LogP contribution in [0.2, 0.25) is 0 Å². The molecule has 1 unspecified atom stereocenters. The van der Waals surface area contributed by atoms with Gasteiger partial charge in [0.1, 0.15) is 17.7 Å². The first-order valence-electron chi connectivity index (χ1n) is 5.38. The first-order valence-corrected chi connectivity index (χ1v) is 6.18. The summed E-state index contributed by atoms with van der Waals surface area (Å²) in [6, 6.07) is 8.51. The summed E-state index contributed by atoms with van der Waals surface area (Å²) in [5.74, 6) is -0.878. The molecule has 1 nitrogen and oxygen atoms in total. The number of aliphatic hydroxyl groups excluding tert-OH is 1. The molecule has 4 heteroatoms. The van der Waals surface area contributed by atoms with Gasteiger partial charge in [-0.25, -0.2) is 8.78 Å². The Kier molecular flexibility index (Phi) is 3.78. The molecular formula is C14H11BrF2O. The van der Waals surface area contributed by atoms with E-state index in [0.717, 1.165) is 0 Å². The van der Waals surface area contributed by atoms with Crippen LogP contribution < -0.4 is 0 Å². The van der Waals surface area contributed by atoms with Gasteiger partial charge in [0, 0.05) is 10.0 Å². The summed E-state index contributed by atoms with van der Waals surface area (Å²) in [5.41, 5.74) is 1.23. The summed E-state index contributed by atoms with van der Waals surface area (Å²) in [7, 11) is 0. The molecule has 0 aliphatic carbocycles. The zero-order valence-electron chi connectivity index (χ0n) is 9.62. The van der Waals surface area contributed by atoms with Gasteiger partial charge in [0.05, 0.1) is 0 Å². The lowest BCUT2D eigenvalue weighted by atomic mass is 9.97. The number of rotatable bonds is 2. The van der Waals surface area contributed by atoms with Crippen LogP contribution >= 0.6 is 15.9 Å². The van der Waals surface area contributed by atoms with Gasteiger partial charge in [0.15, 0.2) is 0 Å². The van der Waals surface area contributed by atoms with Gasteiger partial charge in [-0.05, 0) is 42.3 Å². The highest BCUT2D eigenvalue weighted by molar-refractivity contribution is 9.10. The van der Waals surface area contributed by atoms with E-state index in [1.54, 1.807) is 19.1 Å². The van der Waals surface area contributed by atoms with Crippen molar-refractivity contribution in [3.63, 3.8) is 0 Å². The fourth-order valence-corrected chi connectivity index (χ4v) is 2.43. The predicted octanol–water partition coefficient (Wildman–Crippen LogP) is 4.12. The largest absolute Gasteiger partial charge is 0.383 e. The van der Waals surface area contributed by atoms with E-state index < -0.39 is 11.9 Å². The zero-order chi connectivity index (χ0) is 13.3. The molecule has 0 bridgehead atoms. The van der Waals surface area contributed by atoms with Crippen LogP contribution in [0.4, 0.5) is 8.78 Å². The van der Waals surface area contributed by atoms with Crippen LogP contribution in [0.25, 0.3) is 0 Å². The summed E-state index contributed by atoms with van der Waals surface area (Å²) < 4.78 is 27.2. The number of hydrogen-bond donors (Lipinski definition) is 1. The van der Waals surface area contributed by atoms with E-state index in [-0.39, 0.29) is 11.4 Å². The fourth-order valence-electron chi connectivity index (χ4n) is 1.87. The van der Waals surface area contributed by atoms with Gasteiger partial charge in [-0.3, -0.25) is 0 Å². The molecule has 0 saturated heterocycles. The molecule has 1 N–H and O–H groups in total. The molecule has 0 radical (unpaired) electrons. The van der Waals surface area contributed by atoms with E-state index >= 15 is 0 Å². The monoisotopic (exact) mass is 312 g/mol. The summed E-state index contributed by atoms with van der Waals surface area (Å²) in [6.45, 7) is 1.68. The van der Waals surface area contributed by atoms with Crippen molar-refractivity contribution in [1.82, 2.24) is 0 Å². The lowest BCUT2D eigenvalue weighted by molar-refractivity contribution is 0.213. The molecule has 0 heterocycles. The number of halogens is 3. The molecule has 2 aromatic rings. The molecule has 2 aromatic carbocycles. The molecular weight excluding hydrogens is 302 g/mol. The van der Waals surface area contributed by atoms with Gasteiger partial charge in [0.25, 0.3) is 0 Å². The normalized spacial score (nSPS) is 12.5. The number of aliphatic hydroxyl groups is 1. The van der Waals surface area contributed by atoms with Crippen LogP contribution in [0.5, 0.6) is 0 Å². The van der Waals surface area contributed by atoms with Gasteiger partial charge in [-0.2, -0.15) is 0 Å². The Morgan fingerprint density at radius 1 is 1.17 bits per heavy atom. The van der Waals surface area contributed by atoms with Crippen molar-refractivity contribution in [3.05, 3.63) is 69.2 Å². The molecule has 0 aromatic heterocycles. The first kappa shape index (κ1) is 13.2. The number of hydrogen-bond acceptors (Lipinski definition) is 1. The van der Waals surface area contributed by atoms with E-state index in [9.17, 15) is 13.9 Å². The maximum atomic E-state index is 13.7. The Labute approximate surface area is 112 Å². The van der Waals surface area contributed by atoms with Gasteiger partial charge in [-0.15, -0.1) is 0 Å². The summed E-state index contributed by atoms with van der Waals surface area (Å²) in [6.07, 6.45) is -1.12. The third-order valence-electron chi connectivity index (χ3n) is 2.80. The summed E-state index contributed by atoms with van der Waals surface area (Å²) >= 11 is 3.21. The Morgan fingerprint density at radius 3 is 2.50 bits per heavy atom. The fraction of sp³-hybridized carbons (Fsp3) is 0.143. The van der Waals surface area contributed by atoms with Crippen LogP contribution in [0, 0.1) is 18.6 Å². The van der Waals surface area contributed by atoms with E-state index in [1.807, 2.05) is 0 Å². The van der Waals surface area contributed by atoms with Crippen LogP contribution in [0.15, 0.2) is 40.9 Å². The lowest BCUT2D eigenvalue weighted by Gasteiger charge is -2.16. The highest BCUT2D eigenvalue weighted by Crippen LogP contribution is 2.32. The topological polar surface area (TPSA) is 20.2 Å². The van der Waals surface area contributed by atoms with Crippen molar-refractivity contribution in [1.29, 1.82) is 0 Å². The first-order chi connectivity index (χ1) is 8.50. The van der Waals surface area contributed by atoms with Crippen molar-refractivity contribution in [2.75, 3.05) is 0 Å². The Balaban J connectivity index is 2.51. The maximum Gasteiger partial charge on any atom is 0.130 e. The maximum absolute atomic E-state index is 13.7. The van der Waals surface area contributed by atoms with Gasteiger partial charge < -0.3 is 5.11 Å². The standard InChI is InChI=1S/C14H11BrF2O/c1-8-7-9(16)5-6-10(8)14(18)13-11(15)3-2-4-12(13)17/h2-7,14,18H,1H3. The Bertz CT molecular complexity index is 564. The third-order valence-corrected chi connectivity index (χ3v) is 3.49. The molecule has 0 spiro atoms. The van der Waals surface area contributed by atoms with Gasteiger partial charge >= 0.3 is 0 Å². The molecule has 0 saturated carbocycles. The molecule has 94 valence electrons. The zero-order valence-corrected chi connectivity index (χ0v) is 11.2. The highest BCUT2D eigenvalue weighted by atomic mass is 79.9. The molecule has 0 amide bonds. The number of aryl methyl sites for hydroxylation is 1. The molecule has 0 aliphatic heterocycles. The van der Waals surface area contributed by atoms with E-state index in [2.05, 4.69) is 15.9 Å².